The van der Waals surface area contributed by atoms with E-state index in [0.29, 0.717) is 24.2 Å². The largest absolute Gasteiger partial charge is 0.462 e. The molecule has 26 heavy (non-hydrogen) atoms. The first-order chi connectivity index (χ1) is 12.2. The zero-order chi connectivity index (χ0) is 18.7. The molecule has 142 valence electrons. The number of allylic oxidation sites excluding steroid dienone is 1. The molecule has 0 aromatic carbocycles. The van der Waals surface area contributed by atoms with Crippen molar-refractivity contribution in [2.75, 3.05) is 0 Å². The minimum absolute atomic E-state index is 0.0346. The van der Waals surface area contributed by atoms with Crippen LogP contribution in [0.15, 0.2) is 11.6 Å². The second-order valence-electron chi connectivity index (χ2n) is 9.70. The molecule has 0 amide bonds. The van der Waals surface area contributed by atoms with Crippen molar-refractivity contribution < 1.29 is 14.6 Å². The van der Waals surface area contributed by atoms with Gasteiger partial charge in [-0.3, -0.25) is 4.79 Å². The van der Waals surface area contributed by atoms with Crippen molar-refractivity contribution in [1.29, 1.82) is 5.26 Å². The van der Waals surface area contributed by atoms with Gasteiger partial charge in [0.2, 0.25) is 0 Å². The fourth-order valence-electron chi connectivity index (χ4n) is 7.16. The SMILES string of the molecule is CC(=O)OC1CC[C@@]2(C)C(=CCC3C2CC[C@@]2(C)C3CC[C@@]2(O)C#N)C1. The lowest BCUT2D eigenvalue weighted by Crippen LogP contribution is -2.54. The van der Waals surface area contributed by atoms with Crippen LogP contribution in [0.3, 0.4) is 0 Å². The number of carbonyl (C=O) groups is 1. The molecule has 7 atom stereocenters. The molecule has 3 fully saturated rings. The standard InChI is InChI=1S/C22H31NO3/c1-14(24)26-16-6-9-20(2)15(12-16)4-5-17-18(20)7-10-21(3)19(17)8-11-22(21,25)13-23/h4,16-19,25H,5-12H2,1-3H3/t16?,17?,18?,19?,20-,21-,22+/m0/s1. The molecule has 4 heteroatoms. The maximum Gasteiger partial charge on any atom is 0.302 e. The molecule has 4 nitrogen and oxygen atoms in total. The molecule has 0 radical (unpaired) electrons. The first-order valence-corrected chi connectivity index (χ1v) is 10.2. The number of fused-ring (bicyclic) bond motifs is 5. The highest BCUT2D eigenvalue weighted by atomic mass is 16.5. The number of aliphatic hydroxyl groups is 1. The van der Waals surface area contributed by atoms with Gasteiger partial charge in [0, 0.05) is 18.8 Å². The maximum absolute atomic E-state index is 11.3. The van der Waals surface area contributed by atoms with Crippen molar-refractivity contribution in [2.24, 2.45) is 28.6 Å². The second kappa shape index (κ2) is 5.83. The van der Waals surface area contributed by atoms with Crippen LogP contribution in [0.4, 0.5) is 0 Å². The van der Waals surface area contributed by atoms with Crippen molar-refractivity contribution in [2.45, 2.75) is 83.8 Å². The van der Waals surface area contributed by atoms with Gasteiger partial charge in [0.05, 0.1) is 6.07 Å². The van der Waals surface area contributed by atoms with Crippen LogP contribution < -0.4 is 0 Å². The summed E-state index contributed by atoms with van der Waals surface area (Å²) in [5.41, 5.74) is 0.252. The molecular formula is C22H31NO3. The zero-order valence-corrected chi connectivity index (χ0v) is 16.3. The number of nitrogens with zero attached hydrogens (tertiary/aromatic N) is 1. The molecule has 0 bridgehead atoms. The molecule has 0 aromatic heterocycles. The van der Waals surface area contributed by atoms with Gasteiger partial charge in [-0.25, -0.2) is 0 Å². The number of hydrogen-bond donors (Lipinski definition) is 1. The molecule has 0 spiro atoms. The zero-order valence-electron chi connectivity index (χ0n) is 16.3. The number of esters is 1. The number of rotatable bonds is 1. The minimum Gasteiger partial charge on any atom is -0.462 e. The number of hydrogen-bond acceptors (Lipinski definition) is 4. The van der Waals surface area contributed by atoms with E-state index in [1.807, 2.05) is 0 Å². The molecule has 4 rings (SSSR count). The summed E-state index contributed by atoms with van der Waals surface area (Å²) in [4.78, 5) is 11.3. The summed E-state index contributed by atoms with van der Waals surface area (Å²) >= 11 is 0. The van der Waals surface area contributed by atoms with Crippen LogP contribution in [0.25, 0.3) is 0 Å². The minimum atomic E-state index is -1.15. The average Bonchev–Trinajstić information content (AvgIpc) is 2.87. The lowest BCUT2D eigenvalue weighted by Gasteiger charge is -2.58. The Hall–Kier alpha value is -1.34. The molecule has 0 aliphatic heterocycles. The fourth-order valence-corrected chi connectivity index (χ4v) is 7.16. The van der Waals surface area contributed by atoms with Gasteiger partial charge in [-0.1, -0.05) is 25.5 Å². The van der Waals surface area contributed by atoms with Crippen molar-refractivity contribution in [3.05, 3.63) is 11.6 Å². The van der Waals surface area contributed by atoms with Crippen molar-refractivity contribution in [3.63, 3.8) is 0 Å². The van der Waals surface area contributed by atoms with Gasteiger partial charge in [-0.15, -0.1) is 0 Å². The number of carbonyl (C=O) groups excluding carboxylic acids is 1. The van der Waals surface area contributed by atoms with E-state index in [2.05, 4.69) is 26.0 Å². The van der Waals surface area contributed by atoms with E-state index in [1.54, 1.807) is 0 Å². The molecule has 0 heterocycles. The van der Waals surface area contributed by atoms with E-state index in [-0.39, 0.29) is 22.9 Å². The molecule has 4 aliphatic carbocycles. The molecule has 3 saturated carbocycles. The third-order valence-corrected chi connectivity index (χ3v) is 8.73. The third-order valence-electron chi connectivity index (χ3n) is 8.73. The number of nitriles is 1. The fraction of sp³-hybridized carbons (Fsp3) is 0.818. The van der Waals surface area contributed by atoms with E-state index in [0.717, 1.165) is 44.9 Å². The Morgan fingerprint density at radius 1 is 1.23 bits per heavy atom. The lowest BCUT2D eigenvalue weighted by molar-refractivity contribution is -0.149. The Balaban J connectivity index is 1.61. The van der Waals surface area contributed by atoms with Crippen LogP contribution in [0.1, 0.15) is 72.1 Å². The Labute approximate surface area is 156 Å². The molecular weight excluding hydrogens is 326 g/mol. The molecule has 0 saturated heterocycles. The summed E-state index contributed by atoms with van der Waals surface area (Å²) in [6, 6.07) is 2.26. The first kappa shape index (κ1) is 18.0. The molecule has 0 aromatic rings. The third kappa shape index (κ3) is 2.32. The Kier molecular flexibility index (Phi) is 4.04. The van der Waals surface area contributed by atoms with Gasteiger partial charge in [-0.05, 0) is 68.1 Å². The van der Waals surface area contributed by atoms with E-state index in [9.17, 15) is 15.2 Å². The van der Waals surface area contributed by atoms with Gasteiger partial charge in [0.1, 0.15) is 6.10 Å². The second-order valence-corrected chi connectivity index (χ2v) is 9.70. The lowest BCUT2D eigenvalue weighted by atomic mass is 9.47. The first-order valence-electron chi connectivity index (χ1n) is 10.2. The summed E-state index contributed by atoms with van der Waals surface area (Å²) in [5, 5.41) is 20.5. The molecule has 4 aliphatic rings. The topological polar surface area (TPSA) is 70.3 Å². The van der Waals surface area contributed by atoms with Crippen LogP contribution >= 0.6 is 0 Å². The monoisotopic (exact) mass is 357 g/mol. The van der Waals surface area contributed by atoms with Crippen molar-refractivity contribution in [1.82, 2.24) is 0 Å². The maximum atomic E-state index is 11.3. The van der Waals surface area contributed by atoms with E-state index in [1.165, 1.54) is 12.5 Å². The predicted octanol–water partition coefficient (Wildman–Crippen LogP) is 4.14. The van der Waals surface area contributed by atoms with E-state index >= 15 is 0 Å². The predicted molar refractivity (Wildman–Crippen MR) is 97.8 cm³/mol. The van der Waals surface area contributed by atoms with Crippen LogP contribution in [-0.2, 0) is 9.53 Å². The van der Waals surface area contributed by atoms with Gasteiger partial charge in [-0.2, -0.15) is 5.26 Å². The quantitative estimate of drug-likeness (QED) is 0.435. The van der Waals surface area contributed by atoms with Crippen LogP contribution in [-0.4, -0.2) is 22.8 Å². The van der Waals surface area contributed by atoms with E-state index in [4.69, 9.17) is 4.74 Å². The van der Waals surface area contributed by atoms with Crippen molar-refractivity contribution in [3.8, 4) is 6.07 Å². The van der Waals surface area contributed by atoms with Gasteiger partial charge in [0.25, 0.3) is 0 Å². The smallest absolute Gasteiger partial charge is 0.302 e. The summed E-state index contributed by atoms with van der Waals surface area (Å²) in [6.07, 6.45) is 10.0. The van der Waals surface area contributed by atoms with Crippen LogP contribution in [0, 0.1) is 39.9 Å². The van der Waals surface area contributed by atoms with Gasteiger partial charge >= 0.3 is 5.97 Å². The highest BCUT2D eigenvalue weighted by Crippen LogP contribution is 2.67. The Morgan fingerprint density at radius 2 is 1.96 bits per heavy atom. The van der Waals surface area contributed by atoms with Crippen molar-refractivity contribution >= 4 is 5.97 Å². The number of ether oxygens (including phenoxy) is 1. The Bertz CT molecular complexity index is 694. The normalized spacial score (nSPS) is 49.9. The van der Waals surface area contributed by atoms with Gasteiger partial charge in [0.15, 0.2) is 5.60 Å². The summed E-state index contributed by atoms with van der Waals surface area (Å²) < 4.78 is 5.50. The molecule has 4 unspecified atom stereocenters. The van der Waals surface area contributed by atoms with Crippen LogP contribution in [0.5, 0.6) is 0 Å². The Morgan fingerprint density at radius 3 is 2.65 bits per heavy atom. The summed E-state index contributed by atoms with van der Waals surface area (Å²) in [6.45, 7) is 6.06. The summed E-state index contributed by atoms with van der Waals surface area (Å²) in [7, 11) is 0. The van der Waals surface area contributed by atoms with E-state index < -0.39 is 5.60 Å². The highest BCUT2D eigenvalue weighted by Gasteiger charge is 2.64. The van der Waals surface area contributed by atoms with Gasteiger partial charge < -0.3 is 9.84 Å². The van der Waals surface area contributed by atoms with Crippen LogP contribution in [0.2, 0.25) is 0 Å². The highest BCUT2D eigenvalue weighted by molar-refractivity contribution is 5.66. The summed E-state index contributed by atoms with van der Waals surface area (Å²) in [5.74, 6) is 1.45. The molecule has 1 N–H and O–H groups in total. The average molecular weight is 357 g/mol.